The van der Waals surface area contributed by atoms with E-state index in [-0.39, 0.29) is 11.7 Å². The Kier molecular flexibility index (Phi) is 5.65. The highest BCUT2D eigenvalue weighted by molar-refractivity contribution is 5.84. The summed E-state index contributed by atoms with van der Waals surface area (Å²) in [6.07, 6.45) is 6.56. The van der Waals surface area contributed by atoms with Gasteiger partial charge in [-0.25, -0.2) is 0 Å². The third kappa shape index (κ3) is 3.26. The molecular formula is C36H36N2. The van der Waals surface area contributed by atoms with Crippen LogP contribution in [0, 0.1) is 12.8 Å². The zero-order chi connectivity index (χ0) is 25.7. The molecule has 2 atom stereocenters. The van der Waals surface area contributed by atoms with Crippen molar-refractivity contribution in [2.24, 2.45) is 5.92 Å². The average Bonchev–Trinajstić information content (AvgIpc) is 3.45. The van der Waals surface area contributed by atoms with Gasteiger partial charge >= 0.3 is 0 Å². The lowest BCUT2D eigenvalue weighted by Crippen LogP contribution is -2.51. The van der Waals surface area contributed by atoms with Crippen LogP contribution in [0.15, 0.2) is 115 Å². The van der Waals surface area contributed by atoms with E-state index in [1.54, 1.807) is 0 Å². The van der Waals surface area contributed by atoms with E-state index >= 15 is 0 Å². The van der Waals surface area contributed by atoms with Crippen LogP contribution in [0.5, 0.6) is 0 Å². The third-order valence-electron chi connectivity index (χ3n) is 9.29. The lowest BCUT2D eigenvalue weighted by Gasteiger charge is -2.51. The number of nitrogens with zero attached hydrogens (tertiary/aromatic N) is 2. The Balaban J connectivity index is 1.58. The molecule has 4 aromatic rings. The molecule has 4 aromatic carbocycles. The van der Waals surface area contributed by atoms with Gasteiger partial charge in [-0.3, -0.25) is 0 Å². The summed E-state index contributed by atoms with van der Waals surface area (Å²) in [5.74, 6) is 0.549. The lowest BCUT2D eigenvalue weighted by molar-refractivity contribution is 0.0799. The first-order chi connectivity index (χ1) is 18.7. The predicted molar refractivity (Wildman–Crippen MR) is 158 cm³/mol. The van der Waals surface area contributed by atoms with Crippen LogP contribution in [0.1, 0.15) is 73.0 Å². The fourth-order valence-corrected chi connectivity index (χ4v) is 7.78. The molecule has 0 bridgehead atoms. The van der Waals surface area contributed by atoms with Crippen molar-refractivity contribution in [3.05, 3.63) is 143 Å². The van der Waals surface area contributed by atoms with E-state index < -0.39 is 0 Å². The van der Waals surface area contributed by atoms with Crippen LogP contribution in [0.25, 0.3) is 5.70 Å². The summed E-state index contributed by atoms with van der Waals surface area (Å²) in [6, 6.07) is 40.8. The molecule has 2 unspecified atom stereocenters. The Morgan fingerprint density at radius 2 is 1.29 bits per heavy atom. The van der Waals surface area contributed by atoms with Gasteiger partial charge in [0.05, 0.1) is 11.2 Å². The maximum Gasteiger partial charge on any atom is 0.133 e. The van der Waals surface area contributed by atoms with Gasteiger partial charge in [-0.1, -0.05) is 122 Å². The molecular weight excluding hydrogens is 460 g/mol. The number of rotatable bonds is 4. The normalized spacial score (nSPS) is 23.1. The Bertz CT molecular complexity index is 1480. The summed E-state index contributed by atoms with van der Waals surface area (Å²) >= 11 is 0. The number of hydrogen-bond donors (Lipinski definition) is 0. The number of para-hydroxylation sites is 1. The largest absolute Gasteiger partial charge is 0.331 e. The van der Waals surface area contributed by atoms with Crippen molar-refractivity contribution in [2.75, 3.05) is 4.90 Å². The predicted octanol–water partition coefficient (Wildman–Crippen LogP) is 9.04. The van der Waals surface area contributed by atoms with E-state index in [2.05, 4.69) is 133 Å². The van der Waals surface area contributed by atoms with E-state index in [9.17, 15) is 0 Å². The summed E-state index contributed by atoms with van der Waals surface area (Å²) in [4.78, 5) is 5.47. The van der Waals surface area contributed by atoms with E-state index in [0.717, 1.165) is 0 Å². The molecule has 0 saturated heterocycles. The van der Waals surface area contributed by atoms with Crippen LogP contribution in [0.3, 0.4) is 0 Å². The molecule has 1 aliphatic carbocycles. The minimum absolute atomic E-state index is 0.0711. The Labute approximate surface area is 227 Å². The van der Waals surface area contributed by atoms with E-state index in [1.165, 1.54) is 77.0 Å². The van der Waals surface area contributed by atoms with Crippen LogP contribution in [0.4, 0.5) is 5.69 Å². The number of allylic oxidation sites excluding steroid dienone is 1. The van der Waals surface area contributed by atoms with Gasteiger partial charge in [0.25, 0.3) is 0 Å². The Morgan fingerprint density at radius 3 is 2.03 bits per heavy atom. The van der Waals surface area contributed by atoms with Crippen molar-refractivity contribution < 1.29 is 0 Å². The summed E-state index contributed by atoms with van der Waals surface area (Å²) in [5.41, 5.74) is 10.8. The van der Waals surface area contributed by atoms with Crippen LogP contribution in [0.2, 0.25) is 0 Å². The van der Waals surface area contributed by atoms with Crippen molar-refractivity contribution in [3.63, 3.8) is 0 Å². The molecule has 2 aliphatic heterocycles. The Hall–Kier alpha value is -3.78. The second-order valence-corrected chi connectivity index (χ2v) is 11.3. The molecule has 7 rings (SSSR count). The van der Waals surface area contributed by atoms with Crippen LogP contribution < -0.4 is 4.90 Å². The molecule has 0 spiro atoms. The van der Waals surface area contributed by atoms with Gasteiger partial charge in [0.1, 0.15) is 6.17 Å². The van der Waals surface area contributed by atoms with Gasteiger partial charge in [0.15, 0.2) is 0 Å². The van der Waals surface area contributed by atoms with Gasteiger partial charge in [-0.2, -0.15) is 0 Å². The van der Waals surface area contributed by atoms with Crippen LogP contribution >= 0.6 is 0 Å². The number of hydrogen-bond acceptors (Lipinski definition) is 2. The highest BCUT2D eigenvalue weighted by atomic mass is 15.5. The molecule has 38 heavy (non-hydrogen) atoms. The van der Waals surface area contributed by atoms with Gasteiger partial charge in [-0.15, -0.1) is 0 Å². The molecule has 190 valence electrons. The Morgan fingerprint density at radius 1 is 0.658 bits per heavy atom. The fourth-order valence-electron chi connectivity index (χ4n) is 7.78. The molecule has 2 nitrogen and oxygen atoms in total. The molecule has 2 heterocycles. The summed E-state index contributed by atoms with van der Waals surface area (Å²) < 4.78 is 0. The number of fused-ring (bicyclic) bond motifs is 3. The molecule has 0 amide bonds. The molecule has 3 aliphatic rings. The van der Waals surface area contributed by atoms with Crippen LogP contribution in [-0.2, 0) is 5.54 Å². The number of aryl methyl sites for hydroxylation is 1. The van der Waals surface area contributed by atoms with E-state index in [0.29, 0.717) is 5.92 Å². The zero-order valence-corrected chi connectivity index (χ0v) is 22.5. The summed E-state index contributed by atoms with van der Waals surface area (Å²) in [6.45, 7) is 4.59. The zero-order valence-electron chi connectivity index (χ0n) is 22.5. The standard InChI is InChI=1S/C36H36N2/c1-26-16-12-15-25-33(26)37-27(2)34-31-23-13-14-24-32(31)36(29-19-8-4-9-20-29,30-21-10-5-11-22-30)38(34)35(37)28-17-6-3-7-18-28/h3-4,6-9,12-20,23-25,30,35H,5,10-11,21-22H2,1-2H3. The van der Waals surface area contributed by atoms with Gasteiger partial charge in [0, 0.05) is 16.9 Å². The van der Waals surface area contributed by atoms with Crippen molar-refractivity contribution in [3.8, 4) is 0 Å². The lowest BCUT2D eigenvalue weighted by atomic mass is 9.67. The SMILES string of the molecule is CC1=C2c3ccccc3C(c3ccccc3)(C3CCCCC3)N2C(c2ccccc2)N1c1ccccc1C. The maximum atomic E-state index is 2.85. The first kappa shape index (κ1) is 23.3. The van der Waals surface area contributed by atoms with Gasteiger partial charge < -0.3 is 9.80 Å². The highest BCUT2D eigenvalue weighted by Gasteiger charge is 2.59. The molecule has 2 heteroatoms. The summed E-state index contributed by atoms with van der Waals surface area (Å²) in [7, 11) is 0. The van der Waals surface area contributed by atoms with Crippen molar-refractivity contribution in [1.29, 1.82) is 0 Å². The molecule has 1 saturated carbocycles. The maximum absolute atomic E-state index is 2.85. The van der Waals surface area contributed by atoms with E-state index in [4.69, 9.17) is 0 Å². The monoisotopic (exact) mass is 496 g/mol. The summed E-state index contributed by atoms with van der Waals surface area (Å²) in [5, 5.41) is 0. The van der Waals surface area contributed by atoms with Gasteiger partial charge in [-0.05, 0) is 60.9 Å². The van der Waals surface area contributed by atoms with E-state index in [1.807, 2.05) is 0 Å². The van der Waals surface area contributed by atoms with Crippen molar-refractivity contribution >= 4 is 11.4 Å². The molecule has 0 radical (unpaired) electrons. The third-order valence-corrected chi connectivity index (χ3v) is 9.29. The minimum Gasteiger partial charge on any atom is -0.331 e. The minimum atomic E-state index is -0.215. The average molecular weight is 497 g/mol. The first-order valence-electron chi connectivity index (χ1n) is 14.3. The second kappa shape index (κ2) is 9.20. The highest BCUT2D eigenvalue weighted by Crippen LogP contribution is 2.64. The number of benzene rings is 4. The molecule has 0 aromatic heterocycles. The number of anilines is 1. The molecule has 1 fully saturated rings. The fraction of sp³-hybridized carbons (Fsp3) is 0.278. The van der Waals surface area contributed by atoms with Crippen LogP contribution in [-0.4, -0.2) is 4.90 Å². The van der Waals surface area contributed by atoms with Crippen molar-refractivity contribution in [2.45, 2.75) is 57.7 Å². The topological polar surface area (TPSA) is 6.48 Å². The molecule has 0 N–H and O–H groups in total. The smallest absolute Gasteiger partial charge is 0.133 e. The quantitative estimate of drug-likeness (QED) is 0.278. The first-order valence-corrected chi connectivity index (χ1v) is 14.3. The van der Waals surface area contributed by atoms with Gasteiger partial charge in [0.2, 0.25) is 0 Å². The second-order valence-electron chi connectivity index (χ2n) is 11.3. The van der Waals surface area contributed by atoms with Crippen molar-refractivity contribution in [1.82, 2.24) is 4.90 Å².